The van der Waals surface area contributed by atoms with Gasteiger partial charge in [0.05, 0.1) is 61.4 Å². The first-order valence-corrected chi connectivity index (χ1v) is 22.3. The molecular formula is C47H74N6O6. The average molecular weight is 819 g/mol. The van der Waals surface area contributed by atoms with Crippen molar-refractivity contribution in [1.82, 2.24) is 0 Å². The van der Waals surface area contributed by atoms with Gasteiger partial charge in [0.25, 0.3) is 0 Å². The molecule has 2 saturated carbocycles. The average Bonchev–Trinajstić information content (AvgIpc) is 3.57. The lowest BCUT2D eigenvalue weighted by atomic mass is 9.62. The van der Waals surface area contributed by atoms with Crippen molar-refractivity contribution < 1.29 is 29.2 Å². The van der Waals surface area contributed by atoms with Crippen molar-refractivity contribution in [3.8, 4) is 11.1 Å². The number of aliphatic hydroxyl groups is 2. The molecule has 12 heteroatoms. The Balaban J connectivity index is 0.956. The van der Waals surface area contributed by atoms with Crippen LogP contribution in [-0.4, -0.2) is 61.4 Å². The second-order valence-corrected chi connectivity index (χ2v) is 18.4. The first-order chi connectivity index (χ1) is 28.3. The number of ether oxygens (including phenoxy) is 4. The number of hydrazine groups is 2. The lowest BCUT2D eigenvalue weighted by Crippen LogP contribution is -2.42. The van der Waals surface area contributed by atoms with Crippen LogP contribution in [0.15, 0.2) is 72.3 Å². The summed E-state index contributed by atoms with van der Waals surface area (Å²) < 4.78 is 24.1. The fourth-order valence-corrected chi connectivity index (χ4v) is 10.6. The van der Waals surface area contributed by atoms with E-state index in [-0.39, 0.29) is 25.0 Å². The second-order valence-electron chi connectivity index (χ2n) is 18.4. The van der Waals surface area contributed by atoms with Crippen LogP contribution in [0.1, 0.15) is 92.4 Å². The Morgan fingerprint density at radius 2 is 1.12 bits per heavy atom. The smallest absolute Gasteiger partial charge is 0.157 e. The Morgan fingerprint density at radius 1 is 0.644 bits per heavy atom. The lowest BCUT2D eigenvalue weighted by molar-refractivity contribution is -0.152. The summed E-state index contributed by atoms with van der Waals surface area (Å²) in [6.07, 6.45) is 12.3. The maximum Gasteiger partial charge on any atom is 0.157 e. The van der Waals surface area contributed by atoms with Gasteiger partial charge < -0.3 is 40.6 Å². The van der Waals surface area contributed by atoms with Crippen LogP contribution in [0.4, 0.5) is 11.4 Å². The summed E-state index contributed by atoms with van der Waals surface area (Å²) in [5.74, 6) is 16.2. The molecule has 0 radical (unpaired) electrons. The summed E-state index contributed by atoms with van der Waals surface area (Å²) in [7, 11) is 0. The quantitative estimate of drug-likeness (QED) is 0.0617. The SMILES string of the molecule is CC1CC[C@H]2CCCC(C(C)[C@@H](O)OC/C(N)=C/N(N)c3ccc(-c4ccc(N(N)/C=C(\N)CO[C@H](O)C(C)[C@@H]5CC[C@@H](C)C6CCC(C)OCC65)cc4)cc3)C2CO1. The Morgan fingerprint density at radius 3 is 1.64 bits per heavy atom. The molecule has 328 valence electrons. The van der Waals surface area contributed by atoms with Gasteiger partial charge in [-0.1, -0.05) is 64.3 Å². The van der Waals surface area contributed by atoms with E-state index in [0.29, 0.717) is 65.0 Å². The van der Waals surface area contributed by atoms with Crippen molar-refractivity contribution in [2.75, 3.05) is 36.4 Å². The largest absolute Gasteiger partial charge is 0.399 e. The Labute approximate surface area is 353 Å². The van der Waals surface area contributed by atoms with Crippen LogP contribution in [0.5, 0.6) is 0 Å². The summed E-state index contributed by atoms with van der Waals surface area (Å²) in [6, 6.07) is 15.7. The zero-order chi connectivity index (χ0) is 42.2. The maximum absolute atomic E-state index is 11.1. The van der Waals surface area contributed by atoms with Gasteiger partial charge in [0.15, 0.2) is 12.6 Å². The highest BCUT2D eigenvalue weighted by molar-refractivity contribution is 5.69. The zero-order valence-electron chi connectivity index (χ0n) is 36.2. The monoisotopic (exact) mass is 819 g/mol. The minimum Gasteiger partial charge on any atom is -0.399 e. The molecular weight excluding hydrogens is 745 g/mol. The van der Waals surface area contributed by atoms with Crippen LogP contribution in [0.25, 0.3) is 11.1 Å². The predicted molar refractivity (Wildman–Crippen MR) is 234 cm³/mol. The van der Waals surface area contributed by atoms with Crippen LogP contribution in [0, 0.1) is 53.3 Å². The third-order valence-corrected chi connectivity index (χ3v) is 14.4. The number of nitrogens with two attached hydrogens (primary N) is 4. The third kappa shape index (κ3) is 11.8. The standard InChI is InChI=1S/C47H74N6O6/c1-29-9-21-43(45-28-57-31(3)11-22-41(29)45)33(5)47(55)59-26-38(49)24-53(51)40-19-15-35(16-20-40)34-13-17-39(18-14-34)52(50)23-37(48)25-58-46(54)32(4)42-8-6-7-36-12-10-30(2)56-27-44(36)42/h13-20,23-24,29-33,36,41-47,54-55H,6-12,21-22,25-28,48-51H2,1-5H3/b37-23-,38-24-/t29-,30?,31?,32?,33?,36-,41?,42?,43+,44?,45?,46+,47+/m1/s1. The van der Waals surface area contributed by atoms with Gasteiger partial charge in [0.2, 0.25) is 0 Å². The van der Waals surface area contributed by atoms with Crippen molar-refractivity contribution in [2.24, 2.45) is 76.4 Å². The molecule has 2 aliphatic heterocycles. The first kappa shape index (κ1) is 45.3. The Kier molecular flexibility index (Phi) is 16.2. The van der Waals surface area contributed by atoms with Crippen LogP contribution in [0.3, 0.4) is 0 Å². The van der Waals surface area contributed by atoms with Crippen molar-refractivity contribution in [2.45, 2.75) is 117 Å². The Hall–Kier alpha value is -3.20. The van der Waals surface area contributed by atoms with Gasteiger partial charge >= 0.3 is 0 Å². The van der Waals surface area contributed by atoms with Crippen LogP contribution in [-0.2, 0) is 18.9 Å². The number of benzene rings is 2. The third-order valence-electron chi connectivity index (χ3n) is 14.4. The van der Waals surface area contributed by atoms with Crippen molar-refractivity contribution in [1.29, 1.82) is 0 Å². The number of rotatable bonds is 15. The van der Waals surface area contributed by atoms with E-state index in [0.717, 1.165) is 61.4 Å². The molecule has 2 saturated heterocycles. The molecule has 4 fully saturated rings. The van der Waals surface area contributed by atoms with Crippen molar-refractivity contribution in [3.63, 3.8) is 0 Å². The maximum atomic E-state index is 11.1. The number of anilines is 2. The van der Waals surface area contributed by atoms with Gasteiger partial charge in [0.1, 0.15) is 0 Å². The van der Waals surface area contributed by atoms with E-state index in [1.807, 2.05) is 48.5 Å². The van der Waals surface area contributed by atoms with E-state index in [4.69, 9.17) is 42.1 Å². The van der Waals surface area contributed by atoms with Gasteiger partial charge in [-0.2, -0.15) is 0 Å². The molecule has 2 heterocycles. The first-order valence-electron chi connectivity index (χ1n) is 22.3. The van der Waals surface area contributed by atoms with Gasteiger partial charge in [-0.15, -0.1) is 0 Å². The number of hydrogen-bond acceptors (Lipinski definition) is 12. The van der Waals surface area contributed by atoms with Gasteiger partial charge in [-0.25, -0.2) is 11.7 Å². The van der Waals surface area contributed by atoms with Crippen molar-refractivity contribution in [3.05, 3.63) is 72.3 Å². The lowest BCUT2D eigenvalue weighted by Gasteiger charge is -2.44. The second kappa shape index (κ2) is 21.1. The molecule has 4 aliphatic rings. The summed E-state index contributed by atoms with van der Waals surface area (Å²) in [4.78, 5) is 0. The molecule has 6 rings (SSSR count). The molecule has 10 N–H and O–H groups in total. The molecule has 2 aromatic rings. The molecule has 0 aromatic heterocycles. The van der Waals surface area contributed by atoms with E-state index in [1.165, 1.54) is 42.1 Å². The molecule has 0 amide bonds. The number of nitrogens with zero attached hydrogens (tertiary/aromatic N) is 2. The summed E-state index contributed by atoms with van der Waals surface area (Å²) in [5, 5.41) is 25.0. The van der Waals surface area contributed by atoms with Crippen LogP contribution >= 0.6 is 0 Å². The fraction of sp³-hybridized carbons (Fsp3) is 0.660. The van der Waals surface area contributed by atoms with Crippen molar-refractivity contribution >= 4 is 11.4 Å². The number of aliphatic hydroxyl groups excluding tert-OH is 2. The highest BCUT2D eigenvalue weighted by atomic mass is 16.6. The van der Waals surface area contributed by atoms with Crippen LogP contribution in [0.2, 0.25) is 0 Å². The Bertz CT molecular complexity index is 1660. The normalized spacial score (nSPS) is 31.4. The van der Waals surface area contributed by atoms with E-state index in [1.54, 1.807) is 12.4 Å². The molecule has 8 unspecified atom stereocenters. The molecule has 0 spiro atoms. The molecule has 2 aliphatic carbocycles. The molecule has 59 heavy (non-hydrogen) atoms. The van der Waals surface area contributed by atoms with Gasteiger partial charge in [-0.05, 0) is 129 Å². The topological polar surface area (TPSA) is 188 Å². The van der Waals surface area contributed by atoms with E-state index >= 15 is 0 Å². The van der Waals surface area contributed by atoms with Gasteiger partial charge in [0, 0.05) is 24.2 Å². The highest BCUT2D eigenvalue weighted by Crippen LogP contribution is 2.47. The highest BCUT2D eigenvalue weighted by Gasteiger charge is 2.43. The molecule has 13 atom stereocenters. The number of hydrogen-bond donors (Lipinski definition) is 6. The number of fused-ring (bicyclic) bond motifs is 2. The summed E-state index contributed by atoms with van der Waals surface area (Å²) >= 11 is 0. The van der Waals surface area contributed by atoms with Crippen LogP contribution < -0.4 is 33.2 Å². The predicted octanol–water partition coefficient (Wildman–Crippen LogP) is 6.97. The molecule has 12 nitrogen and oxygen atoms in total. The van der Waals surface area contributed by atoms with E-state index in [9.17, 15) is 10.2 Å². The fourth-order valence-electron chi connectivity index (χ4n) is 10.6. The zero-order valence-corrected chi connectivity index (χ0v) is 36.2. The van der Waals surface area contributed by atoms with E-state index in [2.05, 4.69) is 34.6 Å². The minimum atomic E-state index is -0.930. The molecule has 2 aromatic carbocycles. The minimum absolute atomic E-state index is 0.0236. The van der Waals surface area contributed by atoms with Gasteiger partial charge in [-0.3, -0.25) is 10.0 Å². The van der Waals surface area contributed by atoms with E-state index < -0.39 is 12.6 Å². The summed E-state index contributed by atoms with van der Waals surface area (Å²) in [6.45, 7) is 12.5. The summed E-state index contributed by atoms with van der Waals surface area (Å²) in [5.41, 5.74) is 17.0. The molecule has 0 bridgehead atoms.